The van der Waals surface area contributed by atoms with Gasteiger partial charge in [-0.25, -0.2) is 0 Å². The number of nitriles is 1. The van der Waals surface area contributed by atoms with Crippen LogP contribution in [0.1, 0.15) is 72.0 Å². The minimum Gasteiger partial charge on any atom is -0.423 e. The number of rotatable bonds is 4. The Hall–Kier alpha value is -1.71. The molecule has 1 atom stereocenters. The Kier molecular flexibility index (Phi) is 4.15. The highest BCUT2D eigenvalue weighted by molar-refractivity contribution is 7.12. The van der Waals surface area contributed by atoms with E-state index in [0.29, 0.717) is 5.92 Å². The molecule has 3 heterocycles. The van der Waals surface area contributed by atoms with Crippen molar-refractivity contribution < 1.29 is 4.42 Å². The molecule has 6 heteroatoms. The van der Waals surface area contributed by atoms with E-state index in [0.717, 1.165) is 36.2 Å². The first kappa shape index (κ1) is 14.9. The molecule has 5 nitrogen and oxygen atoms in total. The molecule has 1 aliphatic carbocycles. The van der Waals surface area contributed by atoms with Gasteiger partial charge in [-0.1, -0.05) is 12.8 Å². The minimum absolute atomic E-state index is 0.220. The van der Waals surface area contributed by atoms with Crippen molar-refractivity contribution in [1.29, 1.82) is 5.26 Å². The smallest absolute Gasteiger partial charge is 0.233 e. The molecule has 1 saturated heterocycles. The molecule has 23 heavy (non-hydrogen) atoms. The number of aromatic nitrogens is 2. The molecule has 0 spiro atoms. The third-order valence-electron chi connectivity index (χ3n) is 4.94. The maximum atomic E-state index is 8.98. The summed E-state index contributed by atoms with van der Waals surface area (Å²) in [7, 11) is 0. The number of piperidine rings is 1. The Morgan fingerprint density at radius 2 is 2.04 bits per heavy atom. The van der Waals surface area contributed by atoms with Crippen molar-refractivity contribution in [3.05, 3.63) is 33.7 Å². The summed E-state index contributed by atoms with van der Waals surface area (Å²) in [5.41, 5.74) is 0. The van der Waals surface area contributed by atoms with Gasteiger partial charge in [-0.3, -0.25) is 4.90 Å². The van der Waals surface area contributed by atoms with Crippen LogP contribution in [0, 0.1) is 11.3 Å². The second-order valence-electron chi connectivity index (χ2n) is 6.47. The third-order valence-corrected chi connectivity index (χ3v) is 5.91. The van der Waals surface area contributed by atoms with Crippen LogP contribution in [0.3, 0.4) is 0 Å². The number of hydrogen-bond donors (Lipinski definition) is 0. The molecular formula is C17H20N4OS. The molecule has 2 aliphatic rings. The lowest BCUT2D eigenvalue weighted by molar-refractivity contribution is 0.116. The monoisotopic (exact) mass is 328 g/mol. The largest absolute Gasteiger partial charge is 0.423 e. The summed E-state index contributed by atoms with van der Waals surface area (Å²) in [6.45, 7) is 1.91. The highest BCUT2D eigenvalue weighted by Gasteiger charge is 2.31. The van der Waals surface area contributed by atoms with Gasteiger partial charge < -0.3 is 4.42 Å². The summed E-state index contributed by atoms with van der Waals surface area (Å²) >= 11 is 1.58. The molecule has 2 aromatic rings. The number of likely N-dealkylation sites (tertiary alicyclic amines) is 1. The molecule has 2 aromatic heterocycles. The van der Waals surface area contributed by atoms with Crippen molar-refractivity contribution in [2.45, 2.75) is 57.0 Å². The van der Waals surface area contributed by atoms with Crippen LogP contribution >= 0.6 is 11.3 Å². The predicted octanol–water partition coefficient (Wildman–Crippen LogP) is 4.00. The van der Waals surface area contributed by atoms with Crippen LogP contribution < -0.4 is 0 Å². The quantitative estimate of drug-likeness (QED) is 0.848. The summed E-state index contributed by atoms with van der Waals surface area (Å²) < 4.78 is 6.01. The first-order valence-electron chi connectivity index (χ1n) is 8.39. The standard InChI is InChI=1S/C17H20N4OS/c18-10-13-7-8-14(23-13)11-21-9-2-1-6-15(21)17-20-19-16(22-17)12-4-3-5-12/h7-8,12,15H,1-6,9,11H2. The molecule has 0 amide bonds. The molecule has 0 radical (unpaired) electrons. The fourth-order valence-corrected chi connectivity index (χ4v) is 4.22. The number of hydrogen-bond acceptors (Lipinski definition) is 6. The molecule has 1 saturated carbocycles. The lowest BCUT2D eigenvalue weighted by Crippen LogP contribution is -2.32. The first-order chi connectivity index (χ1) is 11.3. The maximum absolute atomic E-state index is 8.98. The van der Waals surface area contributed by atoms with E-state index in [1.807, 2.05) is 6.07 Å². The van der Waals surface area contributed by atoms with E-state index >= 15 is 0 Å². The van der Waals surface area contributed by atoms with Crippen molar-refractivity contribution in [3.8, 4) is 6.07 Å². The lowest BCUT2D eigenvalue weighted by Gasteiger charge is -2.33. The van der Waals surface area contributed by atoms with Crippen LogP contribution in [0.4, 0.5) is 0 Å². The summed E-state index contributed by atoms with van der Waals surface area (Å²) in [5, 5.41) is 17.6. The zero-order valence-corrected chi connectivity index (χ0v) is 13.9. The zero-order valence-electron chi connectivity index (χ0n) is 13.1. The summed E-state index contributed by atoms with van der Waals surface area (Å²) in [4.78, 5) is 4.43. The van der Waals surface area contributed by atoms with Gasteiger partial charge in [-0.05, 0) is 44.4 Å². The van der Waals surface area contributed by atoms with Crippen molar-refractivity contribution in [2.24, 2.45) is 0 Å². The van der Waals surface area contributed by atoms with Crippen LogP contribution in [-0.4, -0.2) is 21.6 Å². The van der Waals surface area contributed by atoms with Crippen molar-refractivity contribution in [1.82, 2.24) is 15.1 Å². The summed E-state index contributed by atoms with van der Waals surface area (Å²) in [6.07, 6.45) is 7.12. The Balaban J connectivity index is 1.50. The second-order valence-corrected chi connectivity index (χ2v) is 7.63. The topological polar surface area (TPSA) is 66.0 Å². The van der Waals surface area contributed by atoms with E-state index < -0.39 is 0 Å². The molecule has 2 fully saturated rings. The van der Waals surface area contributed by atoms with E-state index in [4.69, 9.17) is 9.68 Å². The van der Waals surface area contributed by atoms with Crippen LogP contribution in [0.15, 0.2) is 16.5 Å². The molecular weight excluding hydrogens is 308 g/mol. The van der Waals surface area contributed by atoms with Gasteiger partial charge in [-0.2, -0.15) is 5.26 Å². The summed E-state index contributed by atoms with van der Waals surface area (Å²) in [5.74, 6) is 2.10. The molecule has 120 valence electrons. The Morgan fingerprint density at radius 1 is 1.17 bits per heavy atom. The first-order valence-corrected chi connectivity index (χ1v) is 9.21. The van der Waals surface area contributed by atoms with E-state index in [1.54, 1.807) is 11.3 Å². The zero-order chi connectivity index (χ0) is 15.6. The van der Waals surface area contributed by atoms with Gasteiger partial charge in [-0.15, -0.1) is 21.5 Å². The Bertz CT molecular complexity index is 712. The van der Waals surface area contributed by atoms with Gasteiger partial charge in [0.15, 0.2) is 0 Å². The van der Waals surface area contributed by atoms with E-state index in [1.165, 1.54) is 37.0 Å². The number of nitrogens with zero attached hydrogens (tertiary/aromatic N) is 4. The van der Waals surface area contributed by atoms with Gasteiger partial charge >= 0.3 is 0 Å². The SMILES string of the molecule is N#Cc1ccc(CN2CCCCC2c2nnc(C3CCC3)o2)s1. The molecule has 0 aromatic carbocycles. The number of thiophene rings is 1. The van der Waals surface area contributed by atoms with Crippen LogP contribution in [-0.2, 0) is 6.54 Å². The van der Waals surface area contributed by atoms with Crippen LogP contribution in [0.25, 0.3) is 0 Å². The fourth-order valence-electron chi connectivity index (χ4n) is 3.38. The second kappa shape index (κ2) is 6.42. The van der Waals surface area contributed by atoms with Gasteiger partial charge in [0, 0.05) is 17.3 Å². The normalized spacial score (nSPS) is 22.7. The predicted molar refractivity (Wildman–Crippen MR) is 86.9 cm³/mol. The maximum Gasteiger partial charge on any atom is 0.233 e. The molecule has 1 unspecified atom stereocenters. The molecule has 1 aliphatic heterocycles. The van der Waals surface area contributed by atoms with Gasteiger partial charge in [0.2, 0.25) is 11.8 Å². The minimum atomic E-state index is 0.220. The lowest BCUT2D eigenvalue weighted by atomic mass is 9.85. The Morgan fingerprint density at radius 3 is 2.78 bits per heavy atom. The fraction of sp³-hybridized carbons (Fsp3) is 0.588. The third kappa shape index (κ3) is 3.04. The molecule has 0 N–H and O–H groups in total. The molecule has 0 bridgehead atoms. The molecule has 4 rings (SSSR count). The van der Waals surface area contributed by atoms with Crippen LogP contribution in [0.2, 0.25) is 0 Å². The van der Waals surface area contributed by atoms with Crippen molar-refractivity contribution in [2.75, 3.05) is 6.54 Å². The average Bonchev–Trinajstić information content (AvgIpc) is 3.16. The highest BCUT2D eigenvalue weighted by Crippen LogP contribution is 2.38. The van der Waals surface area contributed by atoms with E-state index in [-0.39, 0.29) is 6.04 Å². The van der Waals surface area contributed by atoms with Crippen molar-refractivity contribution in [3.63, 3.8) is 0 Å². The van der Waals surface area contributed by atoms with E-state index in [9.17, 15) is 0 Å². The summed E-state index contributed by atoms with van der Waals surface area (Å²) in [6, 6.07) is 6.40. The highest BCUT2D eigenvalue weighted by atomic mass is 32.1. The van der Waals surface area contributed by atoms with Crippen molar-refractivity contribution >= 4 is 11.3 Å². The van der Waals surface area contributed by atoms with Crippen LogP contribution in [0.5, 0.6) is 0 Å². The Labute approximate surface area is 139 Å². The van der Waals surface area contributed by atoms with Gasteiger partial charge in [0.25, 0.3) is 0 Å². The van der Waals surface area contributed by atoms with Gasteiger partial charge in [0.1, 0.15) is 10.9 Å². The average molecular weight is 328 g/mol. The van der Waals surface area contributed by atoms with Gasteiger partial charge in [0.05, 0.1) is 6.04 Å². The van der Waals surface area contributed by atoms with E-state index in [2.05, 4.69) is 27.2 Å².